The monoisotopic (exact) mass is 502 g/mol. The van der Waals surface area contributed by atoms with Crippen LogP contribution in [0.5, 0.6) is 0 Å². The van der Waals surface area contributed by atoms with Crippen molar-refractivity contribution in [1.82, 2.24) is 9.80 Å². The van der Waals surface area contributed by atoms with Crippen molar-refractivity contribution in [1.29, 1.82) is 0 Å². The summed E-state index contributed by atoms with van der Waals surface area (Å²) in [6.07, 6.45) is 3.85. The van der Waals surface area contributed by atoms with Gasteiger partial charge in [0.15, 0.2) is 18.2 Å². The van der Waals surface area contributed by atoms with Crippen LogP contribution in [0.1, 0.15) is 54.8 Å². The lowest BCUT2D eigenvalue weighted by atomic mass is 9.74. The number of nitrogens with zero attached hydrogens (tertiary/aromatic N) is 3. The van der Waals surface area contributed by atoms with Gasteiger partial charge in [-0.2, -0.15) is 4.57 Å². The third kappa shape index (κ3) is 5.45. The van der Waals surface area contributed by atoms with Crippen molar-refractivity contribution >= 4 is 35.4 Å². The number of halogens is 1. The number of rotatable bonds is 7. The molecule has 9 nitrogen and oxygen atoms in total. The summed E-state index contributed by atoms with van der Waals surface area (Å²) in [5, 5.41) is 9.33. The maximum atomic E-state index is 13.3. The van der Waals surface area contributed by atoms with E-state index < -0.39 is 36.3 Å². The van der Waals surface area contributed by atoms with E-state index in [1.54, 1.807) is 49.5 Å². The molecule has 0 saturated heterocycles. The zero-order valence-electron chi connectivity index (χ0n) is 19.9. The van der Waals surface area contributed by atoms with Gasteiger partial charge in [0.05, 0.1) is 0 Å². The van der Waals surface area contributed by atoms with Crippen LogP contribution in [-0.2, 0) is 19.9 Å². The van der Waals surface area contributed by atoms with Crippen molar-refractivity contribution in [3.05, 3.63) is 64.9 Å². The molecule has 186 valence electrons. The minimum Gasteiger partial charge on any atom is -0.480 e. The van der Waals surface area contributed by atoms with E-state index in [0.29, 0.717) is 23.4 Å². The molecule has 0 spiro atoms. The van der Waals surface area contributed by atoms with Gasteiger partial charge >= 0.3 is 18.3 Å². The lowest BCUT2D eigenvalue weighted by Crippen LogP contribution is -2.55. The Labute approximate surface area is 208 Å². The van der Waals surface area contributed by atoms with Crippen LogP contribution in [0.25, 0.3) is 0 Å². The predicted molar refractivity (Wildman–Crippen MR) is 127 cm³/mol. The van der Waals surface area contributed by atoms with Gasteiger partial charge in [-0.1, -0.05) is 29.8 Å². The number of ketones is 1. The maximum absolute atomic E-state index is 13.3. The lowest BCUT2D eigenvalue weighted by molar-refractivity contribution is -0.753. The van der Waals surface area contributed by atoms with E-state index in [4.69, 9.17) is 21.4 Å². The van der Waals surface area contributed by atoms with Gasteiger partial charge in [-0.25, -0.2) is 4.79 Å². The number of benzene rings is 1. The number of carboxylic acid groups (broad SMARTS) is 1. The number of pyridine rings is 1. The molecule has 1 aromatic heterocycles. The quantitative estimate of drug-likeness (QED) is 0.581. The van der Waals surface area contributed by atoms with Gasteiger partial charge in [0, 0.05) is 44.1 Å². The van der Waals surface area contributed by atoms with E-state index in [9.17, 15) is 19.2 Å². The summed E-state index contributed by atoms with van der Waals surface area (Å²) in [5.74, 6) is -1.70. The minimum absolute atomic E-state index is 0.0920. The smallest absolute Gasteiger partial charge is 0.415 e. The molecule has 10 heteroatoms. The summed E-state index contributed by atoms with van der Waals surface area (Å²) < 4.78 is 7.21. The summed E-state index contributed by atoms with van der Waals surface area (Å²) in [6.45, 7) is 1.19. The molecule has 0 bridgehead atoms. The van der Waals surface area contributed by atoms with Gasteiger partial charge in [-0.05, 0) is 31.4 Å². The van der Waals surface area contributed by atoms with Gasteiger partial charge < -0.3 is 14.7 Å². The molecule has 1 aromatic carbocycles. The van der Waals surface area contributed by atoms with Crippen LogP contribution < -0.4 is 4.57 Å². The number of carbonyl (C=O) groups is 4. The summed E-state index contributed by atoms with van der Waals surface area (Å²) in [6, 6.07) is 10.2. The average molecular weight is 503 g/mol. The second-order valence-corrected chi connectivity index (χ2v) is 9.01. The molecular weight excluding hydrogens is 474 g/mol. The molecule has 1 N–H and O–H groups in total. The van der Waals surface area contributed by atoms with E-state index in [1.807, 2.05) is 0 Å². The first-order valence-corrected chi connectivity index (χ1v) is 11.7. The molecule has 3 rings (SSSR count). The number of amides is 2. The van der Waals surface area contributed by atoms with Gasteiger partial charge in [-0.3, -0.25) is 19.3 Å². The Hall–Kier alpha value is -3.46. The first kappa shape index (κ1) is 26.2. The number of Topliss-reactive ketones (excluding diaryl/α,β-unsaturated/α-hetero) is 1. The van der Waals surface area contributed by atoms with Crippen LogP contribution in [0, 0.1) is 0 Å². The number of carbonyl (C=O) groups excluding carboxylic acids is 3. The Balaban J connectivity index is 1.83. The Kier molecular flexibility index (Phi) is 8.11. The number of aromatic nitrogens is 1. The van der Waals surface area contributed by atoms with Crippen LogP contribution in [0.15, 0.2) is 48.8 Å². The second kappa shape index (κ2) is 10.9. The molecule has 1 heterocycles. The summed E-state index contributed by atoms with van der Waals surface area (Å²) in [4.78, 5) is 52.4. The maximum Gasteiger partial charge on any atom is 0.415 e. The summed E-state index contributed by atoms with van der Waals surface area (Å²) >= 11 is 6.46. The van der Waals surface area contributed by atoms with Crippen molar-refractivity contribution in [3.8, 4) is 0 Å². The molecule has 0 aliphatic heterocycles. The van der Waals surface area contributed by atoms with Crippen LogP contribution in [0.2, 0.25) is 5.02 Å². The highest BCUT2D eigenvalue weighted by atomic mass is 35.5. The van der Waals surface area contributed by atoms with Gasteiger partial charge in [0.1, 0.15) is 17.6 Å². The number of carboxylic acids is 1. The van der Waals surface area contributed by atoms with Gasteiger partial charge in [0.25, 0.3) is 5.91 Å². The van der Waals surface area contributed by atoms with E-state index in [-0.39, 0.29) is 11.3 Å². The molecule has 35 heavy (non-hydrogen) atoms. The minimum atomic E-state index is -1.23. The normalized spacial score (nSPS) is 18.5. The van der Waals surface area contributed by atoms with E-state index in [1.165, 1.54) is 29.8 Å². The van der Waals surface area contributed by atoms with Crippen molar-refractivity contribution in [2.45, 2.75) is 44.4 Å². The van der Waals surface area contributed by atoms with Crippen molar-refractivity contribution < 1.29 is 33.6 Å². The standard InChI is InChI=1S/C25H28ClN3O6/c1-17(29-14-8-9-18(15-29)23(33)27(2)16-22(31)32)35-24(34)28(3)25(13-7-6-12-21(25)30)19-10-4-5-11-20(19)26/h4-5,8-11,14-15,17H,6-7,12-13,16H2,1-3H3/p+1. The fraction of sp³-hybridized carbons (Fsp3) is 0.400. The fourth-order valence-corrected chi connectivity index (χ4v) is 4.70. The molecule has 1 saturated carbocycles. The van der Waals surface area contributed by atoms with Crippen LogP contribution >= 0.6 is 11.6 Å². The molecular formula is C25H29ClN3O6+. The number of hydrogen-bond donors (Lipinski definition) is 1. The topological polar surface area (TPSA) is 108 Å². The third-order valence-electron chi connectivity index (χ3n) is 6.30. The number of ether oxygens (including phenoxy) is 1. The molecule has 2 unspecified atom stereocenters. The second-order valence-electron chi connectivity index (χ2n) is 8.61. The van der Waals surface area contributed by atoms with Crippen molar-refractivity contribution in [2.75, 3.05) is 20.6 Å². The largest absolute Gasteiger partial charge is 0.480 e. The first-order chi connectivity index (χ1) is 16.6. The van der Waals surface area contributed by atoms with E-state index in [2.05, 4.69) is 0 Å². The van der Waals surface area contributed by atoms with Crippen LogP contribution in [0.3, 0.4) is 0 Å². The lowest BCUT2D eigenvalue weighted by Gasteiger charge is -2.43. The molecule has 0 radical (unpaired) electrons. The highest BCUT2D eigenvalue weighted by Gasteiger charge is 2.49. The first-order valence-electron chi connectivity index (χ1n) is 11.3. The molecule has 2 amide bonds. The van der Waals surface area contributed by atoms with Crippen molar-refractivity contribution in [2.24, 2.45) is 0 Å². The molecule has 2 aromatic rings. The Morgan fingerprint density at radius 3 is 2.54 bits per heavy atom. The Morgan fingerprint density at radius 1 is 1.17 bits per heavy atom. The number of aliphatic carboxylic acids is 1. The SMILES string of the molecule is CC(OC(=O)N(C)C1(c2ccccc2Cl)CCCCC1=O)[n+]1cccc(C(=O)N(C)CC(=O)O)c1. The van der Waals surface area contributed by atoms with E-state index >= 15 is 0 Å². The molecule has 1 fully saturated rings. The molecule has 1 aliphatic rings. The van der Waals surface area contributed by atoms with E-state index in [0.717, 1.165) is 17.7 Å². The number of hydrogen-bond acceptors (Lipinski definition) is 5. The average Bonchev–Trinajstić information content (AvgIpc) is 2.83. The van der Waals surface area contributed by atoms with Gasteiger partial charge in [-0.15, -0.1) is 0 Å². The molecule has 1 aliphatic carbocycles. The Morgan fingerprint density at radius 2 is 1.89 bits per heavy atom. The Bertz CT molecular complexity index is 1140. The van der Waals surface area contributed by atoms with Gasteiger partial charge in [0.2, 0.25) is 0 Å². The predicted octanol–water partition coefficient (Wildman–Crippen LogP) is 3.41. The summed E-state index contributed by atoms with van der Waals surface area (Å²) in [5.41, 5.74) is -0.419. The van der Waals surface area contributed by atoms with Crippen LogP contribution in [-0.4, -0.2) is 59.3 Å². The summed E-state index contributed by atoms with van der Waals surface area (Å²) in [7, 11) is 2.93. The van der Waals surface area contributed by atoms with Crippen LogP contribution in [0.4, 0.5) is 4.79 Å². The zero-order chi connectivity index (χ0) is 25.8. The van der Waals surface area contributed by atoms with Crippen molar-refractivity contribution in [3.63, 3.8) is 0 Å². The third-order valence-corrected chi connectivity index (χ3v) is 6.63. The fourth-order valence-electron chi connectivity index (χ4n) is 4.41. The zero-order valence-corrected chi connectivity index (χ0v) is 20.7. The highest BCUT2D eigenvalue weighted by molar-refractivity contribution is 6.31. The molecule has 2 atom stereocenters. The number of likely N-dealkylation sites (N-methyl/N-ethyl adjacent to an activating group) is 2. The highest BCUT2D eigenvalue weighted by Crippen LogP contribution is 2.42.